The van der Waals surface area contributed by atoms with E-state index in [-0.39, 0.29) is 31.0 Å². The number of carbonyl (C=O) groups excluding carboxylic acids is 3. The fourth-order valence-corrected chi connectivity index (χ4v) is 8.98. The predicted molar refractivity (Wildman–Crippen MR) is 143 cm³/mol. The van der Waals surface area contributed by atoms with Gasteiger partial charge in [0.25, 0.3) is 0 Å². The molecule has 1 spiro atoms. The number of thioether (sulfide) groups is 1. The molecule has 3 saturated heterocycles. The summed E-state index contributed by atoms with van der Waals surface area (Å²) in [6.07, 6.45) is 1.72. The summed E-state index contributed by atoms with van der Waals surface area (Å²) in [5.41, 5.74) is 1.52. The van der Waals surface area contributed by atoms with Crippen LogP contribution in [0, 0.1) is 11.8 Å². The molecule has 2 unspecified atom stereocenters. The van der Waals surface area contributed by atoms with Gasteiger partial charge in [0.1, 0.15) is 6.04 Å². The molecule has 2 aromatic rings. The van der Waals surface area contributed by atoms with Crippen LogP contribution in [0.3, 0.4) is 0 Å². The zero-order valence-electron chi connectivity index (χ0n) is 20.9. The molecule has 2 aromatic carbocycles. The van der Waals surface area contributed by atoms with Crippen molar-refractivity contribution in [1.29, 1.82) is 0 Å². The van der Waals surface area contributed by atoms with Crippen molar-refractivity contribution in [2.75, 3.05) is 18.5 Å². The lowest BCUT2D eigenvalue weighted by Crippen LogP contribution is -2.55. The minimum Gasteiger partial charge on any atom is -0.466 e. The standard InChI is InChI=1S/C28H31ClN2O5S/c1-3-36-26(35)22-21-25(34)31(20(16-32)15-17-7-5-4-6-8-17)23(28(21)14-13-27(22,2)37-28)24(33)30-19-11-9-18(29)10-12-19/h4-12,20-23,32H,3,13-16H2,1-2H3,(H,30,33)/t20-,21+,22-,23?,27+,28?/m1/s1. The van der Waals surface area contributed by atoms with Gasteiger partial charge in [-0.05, 0) is 62.9 Å². The van der Waals surface area contributed by atoms with Gasteiger partial charge in [-0.2, -0.15) is 0 Å². The predicted octanol–water partition coefficient (Wildman–Crippen LogP) is 3.93. The van der Waals surface area contributed by atoms with E-state index in [0.717, 1.165) is 5.56 Å². The average Bonchev–Trinajstić information content (AvgIpc) is 3.45. The number of aliphatic hydroxyl groups excluding tert-OH is 1. The van der Waals surface area contributed by atoms with Gasteiger partial charge in [-0.25, -0.2) is 0 Å². The average molecular weight is 543 g/mol. The van der Waals surface area contributed by atoms with E-state index in [9.17, 15) is 19.5 Å². The summed E-state index contributed by atoms with van der Waals surface area (Å²) < 4.78 is 4.15. The van der Waals surface area contributed by atoms with Gasteiger partial charge < -0.3 is 20.1 Å². The van der Waals surface area contributed by atoms with Gasteiger partial charge in [-0.15, -0.1) is 11.8 Å². The van der Waals surface area contributed by atoms with E-state index in [1.807, 2.05) is 37.3 Å². The van der Waals surface area contributed by atoms with Crippen molar-refractivity contribution in [1.82, 2.24) is 4.90 Å². The number of likely N-dealkylation sites (tertiary alicyclic amines) is 1. The van der Waals surface area contributed by atoms with Crippen LogP contribution in [-0.2, 0) is 25.5 Å². The number of halogens is 1. The number of anilines is 1. The first-order valence-corrected chi connectivity index (χ1v) is 13.8. The Kier molecular flexibility index (Phi) is 7.02. The molecule has 0 aromatic heterocycles. The van der Waals surface area contributed by atoms with Gasteiger partial charge in [0, 0.05) is 15.5 Å². The number of nitrogens with one attached hydrogen (secondary N) is 1. The molecule has 5 rings (SSSR count). The first kappa shape index (κ1) is 26.1. The maximum absolute atomic E-state index is 14.2. The van der Waals surface area contributed by atoms with Crippen LogP contribution in [0.25, 0.3) is 0 Å². The largest absolute Gasteiger partial charge is 0.466 e. The summed E-state index contributed by atoms with van der Waals surface area (Å²) in [7, 11) is 0. The first-order chi connectivity index (χ1) is 17.7. The van der Waals surface area contributed by atoms with Crippen molar-refractivity contribution < 1.29 is 24.2 Å². The van der Waals surface area contributed by atoms with E-state index in [0.29, 0.717) is 30.0 Å². The van der Waals surface area contributed by atoms with Crippen molar-refractivity contribution in [3.05, 3.63) is 65.2 Å². The number of esters is 1. The molecule has 0 radical (unpaired) electrons. The summed E-state index contributed by atoms with van der Waals surface area (Å²) in [6.45, 7) is 3.68. The third-order valence-corrected chi connectivity index (χ3v) is 10.3. The van der Waals surface area contributed by atoms with Gasteiger partial charge in [-0.3, -0.25) is 14.4 Å². The molecule has 3 aliphatic rings. The van der Waals surface area contributed by atoms with E-state index in [4.69, 9.17) is 16.3 Å². The number of benzene rings is 2. The molecule has 2 N–H and O–H groups in total. The number of ether oxygens (including phenoxy) is 1. The van der Waals surface area contributed by atoms with Gasteiger partial charge in [-0.1, -0.05) is 41.9 Å². The third-order valence-electron chi connectivity index (χ3n) is 8.03. The number of carbonyl (C=O) groups is 3. The molecule has 2 bridgehead atoms. The van der Waals surface area contributed by atoms with Gasteiger partial charge in [0.15, 0.2) is 0 Å². The number of aliphatic hydroxyl groups is 1. The lowest BCUT2D eigenvalue weighted by Gasteiger charge is -2.37. The highest BCUT2D eigenvalue weighted by molar-refractivity contribution is 8.02. The van der Waals surface area contributed by atoms with Crippen molar-refractivity contribution in [2.45, 2.75) is 54.7 Å². The fourth-order valence-electron chi connectivity index (χ4n) is 6.53. The summed E-state index contributed by atoms with van der Waals surface area (Å²) in [4.78, 5) is 43.0. The zero-order chi connectivity index (χ0) is 26.4. The number of rotatable bonds is 8. The quantitative estimate of drug-likeness (QED) is 0.491. The minimum atomic E-state index is -0.854. The topological polar surface area (TPSA) is 95.9 Å². The molecular weight excluding hydrogens is 512 g/mol. The van der Waals surface area contributed by atoms with Crippen LogP contribution >= 0.6 is 23.4 Å². The Labute approximate surface area is 225 Å². The monoisotopic (exact) mass is 542 g/mol. The van der Waals surface area contributed by atoms with Crippen molar-refractivity contribution in [2.24, 2.45) is 11.8 Å². The molecule has 3 aliphatic heterocycles. The first-order valence-electron chi connectivity index (χ1n) is 12.6. The Morgan fingerprint density at radius 2 is 1.89 bits per heavy atom. The highest BCUT2D eigenvalue weighted by atomic mass is 35.5. The van der Waals surface area contributed by atoms with E-state index in [1.165, 1.54) is 0 Å². The van der Waals surface area contributed by atoms with E-state index in [1.54, 1.807) is 47.9 Å². The highest BCUT2D eigenvalue weighted by Crippen LogP contribution is 2.71. The second-order valence-electron chi connectivity index (χ2n) is 10.2. The van der Waals surface area contributed by atoms with Crippen molar-refractivity contribution in [3.63, 3.8) is 0 Å². The second kappa shape index (κ2) is 9.97. The molecule has 196 valence electrons. The number of amides is 2. The molecule has 37 heavy (non-hydrogen) atoms. The van der Waals surface area contributed by atoms with Crippen molar-refractivity contribution >= 4 is 46.8 Å². The van der Waals surface area contributed by atoms with Crippen LogP contribution in [0.15, 0.2) is 54.6 Å². The van der Waals surface area contributed by atoms with Crippen LogP contribution in [0.2, 0.25) is 5.02 Å². The Hall–Kier alpha value is -2.55. The zero-order valence-corrected chi connectivity index (χ0v) is 22.4. The Balaban J connectivity index is 1.56. The van der Waals surface area contributed by atoms with Crippen LogP contribution in [0.4, 0.5) is 5.69 Å². The maximum atomic E-state index is 14.2. The Bertz CT molecular complexity index is 1190. The fraction of sp³-hybridized carbons (Fsp3) is 0.464. The van der Waals surface area contributed by atoms with E-state index < -0.39 is 33.4 Å². The molecule has 6 atom stereocenters. The van der Waals surface area contributed by atoms with Crippen LogP contribution < -0.4 is 5.32 Å². The Morgan fingerprint density at radius 3 is 2.54 bits per heavy atom. The van der Waals surface area contributed by atoms with Gasteiger partial charge in [0.05, 0.1) is 35.8 Å². The molecule has 9 heteroatoms. The van der Waals surface area contributed by atoms with Crippen molar-refractivity contribution in [3.8, 4) is 0 Å². The number of nitrogens with zero attached hydrogens (tertiary/aromatic N) is 1. The van der Waals surface area contributed by atoms with E-state index in [2.05, 4.69) is 5.32 Å². The SMILES string of the molecule is CCOC(=O)[C@H]1[C@H]2C(=O)N([C@@H](CO)Cc3ccccc3)C(C(=O)Nc3ccc(Cl)cc3)C23CC[C@]1(C)S3. The van der Waals surface area contributed by atoms with Gasteiger partial charge >= 0.3 is 5.97 Å². The summed E-state index contributed by atoms with van der Waals surface area (Å²) >= 11 is 7.60. The number of hydrogen-bond donors (Lipinski definition) is 2. The Morgan fingerprint density at radius 1 is 1.19 bits per heavy atom. The van der Waals surface area contributed by atoms with Crippen LogP contribution in [0.5, 0.6) is 0 Å². The number of fused-ring (bicyclic) bond motifs is 1. The highest BCUT2D eigenvalue weighted by Gasteiger charge is 2.78. The molecule has 3 fully saturated rings. The number of hydrogen-bond acceptors (Lipinski definition) is 6. The maximum Gasteiger partial charge on any atom is 0.311 e. The molecule has 3 heterocycles. The molecule has 7 nitrogen and oxygen atoms in total. The summed E-state index contributed by atoms with van der Waals surface area (Å²) in [5.74, 6) is -2.32. The van der Waals surface area contributed by atoms with Gasteiger partial charge in [0.2, 0.25) is 11.8 Å². The summed E-state index contributed by atoms with van der Waals surface area (Å²) in [5, 5.41) is 14.0. The molecule has 0 aliphatic carbocycles. The molecule has 0 saturated carbocycles. The minimum absolute atomic E-state index is 0.224. The lowest BCUT2D eigenvalue weighted by molar-refractivity contribution is -0.155. The molecular formula is C28H31ClN2O5S. The summed E-state index contributed by atoms with van der Waals surface area (Å²) in [6, 6.07) is 14.9. The van der Waals surface area contributed by atoms with E-state index >= 15 is 0 Å². The lowest BCUT2D eigenvalue weighted by atomic mass is 9.66. The molecule has 2 amide bonds. The van der Waals surface area contributed by atoms with Crippen LogP contribution in [-0.4, -0.2) is 62.6 Å². The smallest absolute Gasteiger partial charge is 0.311 e. The normalized spacial score (nSPS) is 30.8. The second-order valence-corrected chi connectivity index (χ2v) is 12.6. The third kappa shape index (κ3) is 4.33. The van der Waals surface area contributed by atoms with Crippen LogP contribution in [0.1, 0.15) is 32.3 Å².